The van der Waals surface area contributed by atoms with E-state index in [1.54, 1.807) is 6.92 Å². The Hall–Kier alpha value is -2.86. The summed E-state index contributed by atoms with van der Waals surface area (Å²) in [5, 5.41) is 12.1. The maximum atomic E-state index is 12.7. The first-order valence-electron chi connectivity index (χ1n) is 10.9. The molecule has 3 rings (SSSR count). The molecule has 0 radical (unpaired) electrons. The maximum Gasteiger partial charge on any atom is 0.407 e. The monoisotopic (exact) mass is 424 g/mol. The Balaban J connectivity index is 1.71. The minimum absolute atomic E-state index is 0.0615. The van der Waals surface area contributed by atoms with Gasteiger partial charge in [-0.2, -0.15) is 0 Å². The predicted molar refractivity (Wildman–Crippen MR) is 122 cm³/mol. The van der Waals surface area contributed by atoms with Crippen molar-refractivity contribution < 1.29 is 19.4 Å². The van der Waals surface area contributed by atoms with Crippen LogP contribution in [0.25, 0.3) is 11.6 Å². The molecule has 6 nitrogen and oxygen atoms in total. The van der Waals surface area contributed by atoms with E-state index in [4.69, 9.17) is 4.74 Å². The van der Waals surface area contributed by atoms with Crippen molar-refractivity contribution in [1.29, 1.82) is 0 Å². The summed E-state index contributed by atoms with van der Waals surface area (Å²) in [7, 11) is 0. The number of fused-ring (bicyclic) bond motifs is 1. The molecule has 0 bridgehead atoms. The number of aliphatic hydroxyl groups excluding tert-OH is 1. The van der Waals surface area contributed by atoms with Crippen molar-refractivity contribution in [1.82, 2.24) is 10.2 Å². The quantitative estimate of drug-likeness (QED) is 0.751. The number of allylic oxidation sites excluding steroid dienone is 4. The summed E-state index contributed by atoms with van der Waals surface area (Å²) in [5.74, 6) is -0.0636. The lowest BCUT2D eigenvalue weighted by Gasteiger charge is -2.31. The fourth-order valence-electron chi connectivity index (χ4n) is 4.18. The van der Waals surface area contributed by atoms with E-state index in [1.807, 2.05) is 4.90 Å². The van der Waals surface area contributed by atoms with Gasteiger partial charge in [0.15, 0.2) is 0 Å². The summed E-state index contributed by atoms with van der Waals surface area (Å²) in [5.41, 5.74) is 7.70. The average Bonchev–Trinajstić information content (AvgIpc) is 2.90. The number of benzene rings is 1. The third kappa shape index (κ3) is 5.44. The number of hydrogen-bond acceptors (Lipinski definition) is 4. The number of piperidine rings is 1. The van der Waals surface area contributed by atoms with Crippen LogP contribution in [0.4, 0.5) is 4.79 Å². The SMILES string of the molecule is CCOC(=O)N[C@@H](CO)CC(=O)N1CCC(=C2C(C)=C(C)C=Cc3ccccc32)CC1. The van der Waals surface area contributed by atoms with Gasteiger partial charge in [-0.1, -0.05) is 42.0 Å². The molecule has 1 aromatic carbocycles. The minimum atomic E-state index is -0.640. The minimum Gasteiger partial charge on any atom is -0.450 e. The van der Waals surface area contributed by atoms with E-state index in [2.05, 4.69) is 55.6 Å². The Bertz CT molecular complexity index is 919. The molecular formula is C25H32N2O4. The van der Waals surface area contributed by atoms with Crippen LogP contribution in [-0.4, -0.2) is 54.4 Å². The van der Waals surface area contributed by atoms with Gasteiger partial charge in [0.25, 0.3) is 0 Å². The molecule has 166 valence electrons. The highest BCUT2D eigenvalue weighted by Crippen LogP contribution is 2.37. The average molecular weight is 425 g/mol. The van der Waals surface area contributed by atoms with Gasteiger partial charge in [-0.15, -0.1) is 0 Å². The third-order valence-electron chi connectivity index (χ3n) is 6.02. The highest BCUT2D eigenvalue weighted by Gasteiger charge is 2.26. The molecule has 1 aromatic rings. The topological polar surface area (TPSA) is 78.9 Å². The molecule has 0 saturated carbocycles. The fourth-order valence-corrected chi connectivity index (χ4v) is 4.18. The largest absolute Gasteiger partial charge is 0.450 e. The first-order chi connectivity index (χ1) is 14.9. The van der Waals surface area contributed by atoms with Crippen LogP contribution in [0.15, 0.2) is 47.1 Å². The second-order valence-electron chi connectivity index (χ2n) is 8.04. The van der Waals surface area contributed by atoms with Gasteiger partial charge < -0.3 is 20.1 Å². The number of alkyl carbamates (subject to hydrolysis) is 1. The molecule has 0 aromatic heterocycles. The number of carbonyl (C=O) groups is 2. The van der Waals surface area contributed by atoms with Gasteiger partial charge >= 0.3 is 6.09 Å². The molecule has 1 aliphatic heterocycles. The summed E-state index contributed by atoms with van der Waals surface area (Å²) < 4.78 is 4.84. The second kappa shape index (κ2) is 10.4. The molecular weight excluding hydrogens is 392 g/mol. The van der Waals surface area contributed by atoms with Crippen LogP contribution in [0.1, 0.15) is 51.2 Å². The molecule has 1 atom stereocenters. The molecule has 1 saturated heterocycles. The van der Waals surface area contributed by atoms with Crippen molar-refractivity contribution >= 4 is 23.6 Å². The molecule has 0 spiro atoms. The Morgan fingerprint density at radius 3 is 2.55 bits per heavy atom. The van der Waals surface area contributed by atoms with Gasteiger partial charge in [-0.3, -0.25) is 4.79 Å². The third-order valence-corrected chi connectivity index (χ3v) is 6.02. The lowest BCUT2D eigenvalue weighted by atomic mass is 9.86. The zero-order valence-electron chi connectivity index (χ0n) is 18.6. The number of aliphatic hydroxyl groups is 1. The van der Waals surface area contributed by atoms with E-state index in [9.17, 15) is 14.7 Å². The molecule has 1 heterocycles. The van der Waals surface area contributed by atoms with Crippen LogP contribution in [0.3, 0.4) is 0 Å². The second-order valence-corrected chi connectivity index (χ2v) is 8.04. The zero-order chi connectivity index (χ0) is 22.4. The molecule has 0 unspecified atom stereocenters. The van der Waals surface area contributed by atoms with Crippen LogP contribution < -0.4 is 5.32 Å². The predicted octanol–water partition coefficient (Wildman–Crippen LogP) is 3.92. The lowest BCUT2D eigenvalue weighted by molar-refractivity contribution is -0.132. The summed E-state index contributed by atoms with van der Waals surface area (Å²) in [6, 6.07) is 7.81. The number of amides is 2. The standard InChI is InChI=1S/C25H32N2O4/c1-4-31-25(30)26-21(16-28)15-23(29)27-13-11-20(12-14-27)24-18(3)17(2)9-10-19-7-5-6-8-22(19)24/h5-10,21,28H,4,11-16H2,1-3H3,(H,26,30)/t21-/m1/s1. The molecule has 1 aliphatic carbocycles. The number of carbonyl (C=O) groups excluding carboxylic acids is 2. The van der Waals surface area contributed by atoms with Gasteiger partial charge in [0.05, 0.1) is 19.3 Å². The molecule has 2 N–H and O–H groups in total. The summed E-state index contributed by atoms with van der Waals surface area (Å²) >= 11 is 0. The van der Waals surface area contributed by atoms with E-state index in [0.717, 1.165) is 12.8 Å². The maximum absolute atomic E-state index is 12.7. The normalized spacial score (nSPS) is 17.2. The van der Waals surface area contributed by atoms with E-state index in [0.29, 0.717) is 13.1 Å². The molecule has 1 fully saturated rings. The van der Waals surface area contributed by atoms with Crippen molar-refractivity contribution in [2.45, 2.75) is 46.1 Å². The Morgan fingerprint density at radius 1 is 1.16 bits per heavy atom. The number of nitrogens with zero attached hydrogens (tertiary/aromatic N) is 1. The van der Waals surface area contributed by atoms with Gasteiger partial charge in [-0.25, -0.2) is 4.79 Å². The van der Waals surface area contributed by atoms with E-state index in [-0.39, 0.29) is 25.5 Å². The van der Waals surface area contributed by atoms with Gasteiger partial charge in [-0.05, 0) is 61.5 Å². The van der Waals surface area contributed by atoms with Gasteiger partial charge in [0, 0.05) is 19.5 Å². The van der Waals surface area contributed by atoms with Crippen LogP contribution in [0, 0.1) is 0 Å². The van der Waals surface area contributed by atoms with E-state index >= 15 is 0 Å². The van der Waals surface area contributed by atoms with Crippen LogP contribution in [0.2, 0.25) is 0 Å². The summed E-state index contributed by atoms with van der Waals surface area (Å²) in [6.07, 6.45) is 5.42. The van der Waals surface area contributed by atoms with E-state index < -0.39 is 12.1 Å². The first-order valence-corrected chi connectivity index (χ1v) is 10.9. The van der Waals surface area contributed by atoms with Crippen LogP contribution in [-0.2, 0) is 9.53 Å². The fraction of sp³-hybridized carbons (Fsp3) is 0.440. The van der Waals surface area contributed by atoms with Crippen LogP contribution >= 0.6 is 0 Å². The van der Waals surface area contributed by atoms with Crippen molar-refractivity contribution in [2.75, 3.05) is 26.3 Å². The lowest BCUT2D eigenvalue weighted by Crippen LogP contribution is -2.44. The Labute approximate surface area is 184 Å². The Morgan fingerprint density at radius 2 is 1.87 bits per heavy atom. The van der Waals surface area contributed by atoms with Crippen molar-refractivity contribution in [3.05, 3.63) is 58.2 Å². The number of hydrogen-bond donors (Lipinski definition) is 2. The highest BCUT2D eigenvalue weighted by molar-refractivity contribution is 5.89. The number of rotatable bonds is 5. The molecule has 2 aliphatic rings. The zero-order valence-corrected chi connectivity index (χ0v) is 18.6. The summed E-state index contributed by atoms with van der Waals surface area (Å²) in [4.78, 5) is 26.2. The first kappa shape index (κ1) is 22.8. The number of nitrogens with one attached hydrogen (secondary N) is 1. The van der Waals surface area contributed by atoms with E-state index in [1.165, 1.54) is 33.4 Å². The molecule has 2 amide bonds. The smallest absolute Gasteiger partial charge is 0.407 e. The van der Waals surface area contributed by atoms with Crippen molar-refractivity contribution in [3.8, 4) is 0 Å². The van der Waals surface area contributed by atoms with Crippen molar-refractivity contribution in [3.63, 3.8) is 0 Å². The highest BCUT2D eigenvalue weighted by atomic mass is 16.5. The molecule has 31 heavy (non-hydrogen) atoms. The van der Waals surface area contributed by atoms with Gasteiger partial charge in [0.2, 0.25) is 5.91 Å². The number of ether oxygens (including phenoxy) is 1. The Kier molecular flexibility index (Phi) is 7.69. The van der Waals surface area contributed by atoms with Crippen LogP contribution in [0.5, 0.6) is 0 Å². The summed E-state index contributed by atoms with van der Waals surface area (Å²) in [6.45, 7) is 7.24. The van der Waals surface area contributed by atoms with Gasteiger partial charge in [0.1, 0.15) is 0 Å². The number of likely N-dealkylation sites (tertiary alicyclic amines) is 1. The molecule has 6 heteroatoms. The van der Waals surface area contributed by atoms with Crippen molar-refractivity contribution in [2.24, 2.45) is 0 Å².